The van der Waals surface area contributed by atoms with Gasteiger partial charge in [-0.15, -0.1) is 0 Å². The van der Waals surface area contributed by atoms with Crippen LogP contribution in [0, 0.1) is 12.7 Å². The fraction of sp³-hybridized carbons (Fsp3) is 0.0714. The van der Waals surface area contributed by atoms with Crippen LogP contribution in [0.5, 0.6) is 0 Å². The Morgan fingerprint density at radius 2 is 2.14 bits per heavy atom. The zero-order valence-corrected chi connectivity index (χ0v) is 11.7. The van der Waals surface area contributed by atoms with E-state index in [4.69, 9.17) is 11.6 Å². The fourth-order valence-corrected chi connectivity index (χ4v) is 2.18. The Bertz CT molecular complexity index is 846. The van der Waals surface area contributed by atoms with Crippen molar-refractivity contribution in [1.82, 2.24) is 14.6 Å². The van der Waals surface area contributed by atoms with Crippen LogP contribution >= 0.6 is 11.6 Å². The zero-order chi connectivity index (χ0) is 15.0. The minimum absolute atomic E-state index is 0.130. The lowest BCUT2D eigenvalue weighted by molar-refractivity contribution is 0.102. The predicted octanol–water partition coefficient (Wildman–Crippen LogP) is 3.08. The van der Waals surface area contributed by atoms with Gasteiger partial charge in [-0.1, -0.05) is 11.6 Å². The maximum Gasteiger partial charge on any atom is 0.274 e. The molecule has 1 aromatic carbocycles. The molecule has 5 nitrogen and oxygen atoms in total. The van der Waals surface area contributed by atoms with E-state index >= 15 is 0 Å². The van der Waals surface area contributed by atoms with E-state index in [1.807, 2.05) is 6.92 Å². The number of hydrogen-bond donors (Lipinski definition) is 1. The number of anilines is 1. The second-order valence-corrected chi connectivity index (χ2v) is 4.87. The molecule has 0 radical (unpaired) electrons. The molecule has 2 heterocycles. The van der Waals surface area contributed by atoms with Crippen molar-refractivity contribution >= 4 is 28.8 Å². The van der Waals surface area contributed by atoms with Gasteiger partial charge < -0.3 is 5.32 Å². The molecule has 0 fully saturated rings. The van der Waals surface area contributed by atoms with E-state index in [0.717, 1.165) is 11.8 Å². The second kappa shape index (κ2) is 5.14. The summed E-state index contributed by atoms with van der Waals surface area (Å²) in [7, 11) is 0. The van der Waals surface area contributed by atoms with Crippen molar-refractivity contribution in [3.8, 4) is 0 Å². The van der Waals surface area contributed by atoms with Gasteiger partial charge in [0.2, 0.25) is 0 Å². The van der Waals surface area contributed by atoms with E-state index in [0.29, 0.717) is 11.3 Å². The summed E-state index contributed by atoms with van der Waals surface area (Å²) in [6.45, 7) is 1.82. The summed E-state index contributed by atoms with van der Waals surface area (Å²) in [6, 6.07) is 7.08. The lowest BCUT2D eigenvalue weighted by Gasteiger charge is -2.08. The molecule has 7 heteroatoms. The van der Waals surface area contributed by atoms with Crippen molar-refractivity contribution in [3.05, 3.63) is 58.8 Å². The molecule has 3 rings (SSSR count). The number of carbonyl (C=O) groups excluding carboxylic acids is 1. The Hall–Kier alpha value is -2.47. The number of nitrogens with zero attached hydrogens (tertiary/aromatic N) is 3. The number of fused-ring (bicyclic) bond motifs is 1. The minimum atomic E-state index is -0.465. The summed E-state index contributed by atoms with van der Waals surface area (Å²) in [5.41, 5.74) is 1.92. The maximum atomic E-state index is 13.0. The van der Waals surface area contributed by atoms with Crippen molar-refractivity contribution in [2.45, 2.75) is 6.92 Å². The van der Waals surface area contributed by atoms with Gasteiger partial charge >= 0.3 is 0 Å². The van der Waals surface area contributed by atoms with E-state index in [9.17, 15) is 9.18 Å². The second-order valence-electron chi connectivity index (χ2n) is 4.46. The first-order valence-electron chi connectivity index (χ1n) is 6.12. The number of halogens is 2. The highest BCUT2D eigenvalue weighted by Crippen LogP contribution is 2.23. The van der Waals surface area contributed by atoms with Crippen molar-refractivity contribution in [1.29, 1.82) is 0 Å². The molecule has 1 N–H and O–H groups in total. The number of nitrogens with one attached hydrogen (secondary N) is 1. The molecule has 0 aliphatic heterocycles. The van der Waals surface area contributed by atoms with Crippen LogP contribution in [0.3, 0.4) is 0 Å². The molecule has 2 aromatic heterocycles. The Kier molecular flexibility index (Phi) is 3.31. The van der Waals surface area contributed by atoms with Gasteiger partial charge in [0.05, 0.1) is 16.9 Å². The summed E-state index contributed by atoms with van der Waals surface area (Å²) < 4.78 is 14.6. The van der Waals surface area contributed by atoms with Gasteiger partial charge in [0.25, 0.3) is 5.91 Å². The van der Waals surface area contributed by atoms with Crippen LogP contribution in [0.4, 0.5) is 10.1 Å². The van der Waals surface area contributed by atoms with E-state index in [-0.39, 0.29) is 10.7 Å². The van der Waals surface area contributed by atoms with Crippen LogP contribution in [0.1, 0.15) is 16.2 Å². The predicted molar refractivity (Wildman–Crippen MR) is 77.1 cm³/mol. The van der Waals surface area contributed by atoms with E-state index in [2.05, 4.69) is 15.4 Å². The van der Waals surface area contributed by atoms with Gasteiger partial charge in [0.15, 0.2) is 5.65 Å². The van der Waals surface area contributed by atoms with Crippen molar-refractivity contribution < 1.29 is 9.18 Å². The molecule has 1 amide bonds. The lowest BCUT2D eigenvalue weighted by Crippen LogP contribution is -2.15. The lowest BCUT2D eigenvalue weighted by atomic mass is 10.2. The molecule has 0 spiro atoms. The molecule has 0 aliphatic carbocycles. The Morgan fingerprint density at radius 3 is 2.90 bits per heavy atom. The summed E-state index contributed by atoms with van der Waals surface area (Å²) in [5.74, 6) is -0.886. The third-order valence-corrected chi connectivity index (χ3v) is 3.26. The molecule has 0 aliphatic rings. The molecule has 0 saturated carbocycles. The summed E-state index contributed by atoms with van der Waals surface area (Å²) in [5, 5.41) is 6.82. The first-order chi connectivity index (χ1) is 10.0. The monoisotopic (exact) mass is 304 g/mol. The van der Waals surface area contributed by atoms with Gasteiger partial charge in [0, 0.05) is 11.8 Å². The van der Waals surface area contributed by atoms with Gasteiger partial charge in [-0.05, 0) is 31.2 Å². The number of hydrogen-bond acceptors (Lipinski definition) is 3. The Morgan fingerprint density at radius 1 is 1.33 bits per heavy atom. The smallest absolute Gasteiger partial charge is 0.274 e. The Labute approximate surface area is 124 Å². The van der Waals surface area contributed by atoms with Gasteiger partial charge in [-0.25, -0.2) is 13.9 Å². The summed E-state index contributed by atoms with van der Waals surface area (Å²) in [6.07, 6.45) is 1.61. The Balaban J connectivity index is 1.93. The van der Waals surface area contributed by atoms with Crippen LogP contribution in [0.15, 0.2) is 36.5 Å². The van der Waals surface area contributed by atoms with Crippen molar-refractivity contribution in [2.75, 3.05) is 5.32 Å². The largest absolute Gasteiger partial charge is 0.319 e. The number of amides is 1. The SMILES string of the molecule is Cc1cc(C(=O)Nc2ccc(F)cc2Cl)nc2ccnn12. The highest BCUT2D eigenvalue weighted by Gasteiger charge is 2.13. The zero-order valence-electron chi connectivity index (χ0n) is 11.0. The number of aryl methyl sites for hydroxylation is 1. The minimum Gasteiger partial charge on any atom is -0.319 e. The highest BCUT2D eigenvalue weighted by molar-refractivity contribution is 6.33. The number of carbonyl (C=O) groups is 1. The normalized spacial score (nSPS) is 10.8. The third kappa shape index (κ3) is 2.57. The van der Waals surface area contributed by atoms with Crippen molar-refractivity contribution in [3.63, 3.8) is 0 Å². The topological polar surface area (TPSA) is 59.3 Å². The molecular formula is C14H10ClFN4O. The average molecular weight is 305 g/mol. The molecule has 106 valence electrons. The molecule has 21 heavy (non-hydrogen) atoms. The highest BCUT2D eigenvalue weighted by atomic mass is 35.5. The number of aromatic nitrogens is 3. The van der Waals surface area contributed by atoms with E-state index < -0.39 is 11.7 Å². The fourth-order valence-electron chi connectivity index (χ4n) is 1.96. The van der Waals surface area contributed by atoms with Crippen LogP contribution in [-0.4, -0.2) is 20.5 Å². The van der Waals surface area contributed by atoms with E-state index in [1.165, 1.54) is 12.1 Å². The average Bonchev–Trinajstić information content (AvgIpc) is 2.90. The first-order valence-corrected chi connectivity index (χ1v) is 6.50. The van der Waals surface area contributed by atoms with Gasteiger partial charge in [0.1, 0.15) is 11.5 Å². The van der Waals surface area contributed by atoms with Crippen LogP contribution < -0.4 is 5.32 Å². The number of rotatable bonds is 2. The summed E-state index contributed by atoms with van der Waals surface area (Å²) in [4.78, 5) is 16.4. The van der Waals surface area contributed by atoms with Crippen molar-refractivity contribution in [2.24, 2.45) is 0 Å². The molecular weight excluding hydrogens is 295 g/mol. The summed E-state index contributed by atoms with van der Waals surface area (Å²) >= 11 is 5.88. The van der Waals surface area contributed by atoms with Gasteiger partial charge in [-0.2, -0.15) is 5.10 Å². The standard InChI is InChI=1S/C14H10ClFN4O/c1-8-6-12(18-13-4-5-17-20(8)13)14(21)19-11-3-2-9(16)7-10(11)15/h2-7H,1H3,(H,19,21). The molecule has 0 saturated heterocycles. The number of benzene rings is 1. The van der Waals surface area contributed by atoms with Crippen LogP contribution in [-0.2, 0) is 0 Å². The van der Waals surface area contributed by atoms with Gasteiger partial charge in [-0.3, -0.25) is 4.79 Å². The van der Waals surface area contributed by atoms with Crippen LogP contribution in [0.2, 0.25) is 5.02 Å². The third-order valence-electron chi connectivity index (χ3n) is 2.95. The first kappa shape index (κ1) is 13.5. The molecule has 0 unspecified atom stereocenters. The molecule has 0 bridgehead atoms. The van der Waals surface area contributed by atoms with E-state index in [1.54, 1.807) is 22.8 Å². The molecule has 3 aromatic rings. The quantitative estimate of drug-likeness (QED) is 0.791. The molecule has 0 atom stereocenters. The van der Waals surface area contributed by atoms with Crippen LogP contribution in [0.25, 0.3) is 5.65 Å². The maximum absolute atomic E-state index is 13.0.